The largest absolute Gasteiger partial charge is 0.324 e. The number of amides is 1. The highest BCUT2D eigenvalue weighted by molar-refractivity contribution is 7.99. The van der Waals surface area contributed by atoms with Gasteiger partial charge in [-0.1, -0.05) is 41.0 Å². The third kappa shape index (κ3) is 3.85. The second-order valence-corrected chi connectivity index (χ2v) is 8.88. The van der Waals surface area contributed by atoms with Crippen LogP contribution in [0.25, 0.3) is 0 Å². The van der Waals surface area contributed by atoms with E-state index in [1.807, 2.05) is 6.07 Å². The average molecular weight is 476 g/mol. The second kappa shape index (κ2) is 8.27. The van der Waals surface area contributed by atoms with Gasteiger partial charge in [-0.15, -0.1) is 0 Å². The van der Waals surface area contributed by atoms with E-state index in [1.165, 1.54) is 28.9 Å². The number of carbonyl (C=O) groups is 1. The molecule has 158 valence electrons. The van der Waals surface area contributed by atoms with Crippen LogP contribution in [0.5, 0.6) is 0 Å². The van der Waals surface area contributed by atoms with Crippen LogP contribution in [0.3, 0.4) is 0 Å². The Morgan fingerprint density at radius 2 is 2.03 bits per heavy atom. The maximum absolute atomic E-state index is 14.4. The van der Waals surface area contributed by atoms with Crippen molar-refractivity contribution in [1.82, 2.24) is 15.3 Å². The number of halogens is 3. The summed E-state index contributed by atoms with van der Waals surface area (Å²) in [4.78, 5) is 23.3. The van der Waals surface area contributed by atoms with Crippen molar-refractivity contribution < 1.29 is 9.18 Å². The Labute approximate surface area is 192 Å². The molecule has 1 amide bonds. The summed E-state index contributed by atoms with van der Waals surface area (Å²) in [5, 5.41) is 7.57. The highest BCUT2D eigenvalue weighted by Gasteiger charge is 2.30. The van der Waals surface area contributed by atoms with Crippen molar-refractivity contribution in [2.45, 2.75) is 18.0 Å². The Balaban J connectivity index is 1.41. The molecule has 31 heavy (non-hydrogen) atoms. The lowest BCUT2D eigenvalue weighted by Gasteiger charge is -2.28. The van der Waals surface area contributed by atoms with Crippen LogP contribution >= 0.6 is 35.0 Å². The molecule has 0 atom stereocenters. The summed E-state index contributed by atoms with van der Waals surface area (Å²) in [7, 11) is 0. The molecular weight excluding hydrogens is 460 g/mol. The summed E-state index contributed by atoms with van der Waals surface area (Å²) in [5.74, 6) is 0.0767. The Morgan fingerprint density at radius 1 is 1.23 bits per heavy atom. The molecule has 1 aromatic heterocycles. The van der Waals surface area contributed by atoms with E-state index in [2.05, 4.69) is 20.6 Å². The molecule has 10 heteroatoms. The summed E-state index contributed by atoms with van der Waals surface area (Å²) in [6.07, 6.45) is 2.23. The smallest absolute Gasteiger partial charge is 0.263 e. The number of hydrogen-bond donors (Lipinski definition) is 2. The van der Waals surface area contributed by atoms with Crippen molar-refractivity contribution in [3.8, 4) is 0 Å². The first kappa shape index (κ1) is 20.5. The number of benzene rings is 2. The van der Waals surface area contributed by atoms with Gasteiger partial charge in [0.1, 0.15) is 10.8 Å². The van der Waals surface area contributed by atoms with Gasteiger partial charge in [-0.3, -0.25) is 9.69 Å². The molecule has 0 saturated heterocycles. The number of aromatic nitrogens is 2. The molecule has 5 rings (SSSR count). The highest BCUT2D eigenvalue weighted by atomic mass is 35.5. The van der Waals surface area contributed by atoms with Crippen LogP contribution in [0.2, 0.25) is 10.0 Å². The molecule has 2 aliphatic rings. The topological polar surface area (TPSA) is 70.1 Å². The Morgan fingerprint density at radius 3 is 2.84 bits per heavy atom. The number of carbonyl (C=O) groups excluding carboxylic acids is 1. The lowest BCUT2D eigenvalue weighted by atomic mass is 10.00. The maximum Gasteiger partial charge on any atom is 0.263 e. The predicted octanol–water partition coefficient (Wildman–Crippen LogP) is 5.02. The first-order valence-corrected chi connectivity index (χ1v) is 11.3. The van der Waals surface area contributed by atoms with E-state index >= 15 is 0 Å². The highest BCUT2D eigenvalue weighted by Crippen LogP contribution is 2.39. The summed E-state index contributed by atoms with van der Waals surface area (Å²) >= 11 is 13.9. The standard InChI is InChI=1S/C21H16Cl2FN5OS/c22-15-2-1-3-16(23)18(15)29-10-31-19-14(20(29)30)9-26-21(28-19)27-12-6-11-4-5-25-8-13(11)17(24)7-12/h1-3,6-7,9,25H,4-5,8,10H2,(H,26,27,28). The van der Waals surface area contributed by atoms with Gasteiger partial charge in [0.25, 0.3) is 5.91 Å². The lowest BCUT2D eigenvalue weighted by Crippen LogP contribution is -2.35. The number of thioether (sulfide) groups is 1. The van der Waals surface area contributed by atoms with Crippen molar-refractivity contribution in [1.29, 1.82) is 0 Å². The van der Waals surface area contributed by atoms with Gasteiger partial charge in [0, 0.05) is 24.0 Å². The van der Waals surface area contributed by atoms with Crippen LogP contribution in [0.1, 0.15) is 21.5 Å². The van der Waals surface area contributed by atoms with Gasteiger partial charge < -0.3 is 10.6 Å². The van der Waals surface area contributed by atoms with Crippen molar-refractivity contribution >= 4 is 58.2 Å². The minimum atomic E-state index is -0.275. The van der Waals surface area contributed by atoms with E-state index in [4.69, 9.17) is 23.2 Å². The summed E-state index contributed by atoms with van der Waals surface area (Å²) < 4.78 is 14.4. The monoisotopic (exact) mass is 475 g/mol. The first-order chi connectivity index (χ1) is 15.0. The number of rotatable bonds is 3. The van der Waals surface area contributed by atoms with E-state index in [1.54, 1.807) is 18.2 Å². The third-order valence-electron chi connectivity index (χ3n) is 5.18. The molecule has 0 aliphatic carbocycles. The normalized spacial score (nSPS) is 15.5. The lowest BCUT2D eigenvalue weighted by molar-refractivity contribution is 0.0985. The fourth-order valence-electron chi connectivity index (χ4n) is 3.68. The van der Waals surface area contributed by atoms with Gasteiger partial charge in [-0.2, -0.15) is 0 Å². The molecule has 2 N–H and O–H groups in total. The summed E-state index contributed by atoms with van der Waals surface area (Å²) in [5.41, 5.74) is 3.07. The molecule has 0 fully saturated rings. The molecule has 2 aliphatic heterocycles. The van der Waals surface area contributed by atoms with Crippen LogP contribution in [-0.2, 0) is 13.0 Å². The molecule has 0 bridgehead atoms. The first-order valence-electron chi connectivity index (χ1n) is 9.56. The van der Waals surface area contributed by atoms with Crippen LogP contribution in [-0.4, -0.2) is 28.3 Å². The van der Waals surface area contributed by atoms with E-state index in [0.717, 1.165) is 18.5 Å². The second-order valence-electron chi connectivity index (χ2n) is 7.14. The molecule has 0 spiro atoms. The Hall–Kier alpha value is -2.39. The molecule has 0 saturated carbocycles. The van der Waals surface area contributed by atoms with Gasteiger partial charge in [0.15, 0.2) is 0 Å². The number of nitrogens with zero attached hydrogens (tertiary/aromatic N) is 3. The number of fused-ring (bicyclic) bond motifs is 2. The fourth-order valence-corrected chi connectivity index (χ4v) is 5.22. The van der Waals surface area contributed by atoms with Crippen LogP contribution in [0.15, 0.2) is 41.6 Å². The minimum absolute atomic E-state index is 0.262. The average Bonchev–Trinajstić information content (AvgIpc) is 2.75. The van der Waals surface area contributed by atoms with E-state index < -0.39 is 0 Å². The Kier molecular flexibility index (Phi) is 5.47. The van der Waals surface area contributed by atoms with Crippen LogP contribution in [0, 0.1) is 5.82 Å². The van der Waals surface area contributed by atoms with Crippen LogP contribution in [0.4, 0.5) is 21.7 Å². The van der Waals surface area contributed by atoms with Gasteiger partial charge in [0.2, 0.25) is 5.95 Å². The predicted molar refractivity (Wildman–Crippen MR) is 121 cm³/mol. The van der Waals surface area contributed by atoms with Crippen molar-refractivity contribution in [2.24, 2.45) is 0 Å². The van der Waals surface area contributed by atoms with Gasteiger partial charge in [-0.25, -0.2) is 14.4 Å². The van der Waals surface area contributed by atoms with Crippen LogP contribution < -0.4 is 15.5 Å². The molecule has 0 unspecified atom stereocenters. The van der Waals surface area contributed by atoms with Crippen molar-refractivity contribution in [3.05, 3.63) is 69.1 Å². The molecule has 3 heterocycles. The van der Waals surface area contributed by atoms with E-state index in [9.17, 15) is 9.18 Å². The number of hydrogen-bond acceptors (Lipinski definition) is 6. The summed E-state index contributed by atoms with van der Waals surface area (Å²) in [6, 6.07) is 8.46. The van der Waals surface area contributed by atoms with E-state index in [0.29, 0.717) is 55.9 Å². The molecule has 0 radical (unpaired) electrons. The number of nitrogens with one attached hydrogen (secondary N) is 2. The zero-order valence-corrected chi connectivity index (χ0v) is 18.4. The zero-order valence-electron chi connectivity index (χ0n) is 16.1. The molecule has 3 aromatic rings. The van der Waals surface area contributed by atoms with Crippen molar-refractivity contribution in [2.75, 3.05) is 22.6 Å². The maximum atomic E-state index is 14.4. The SMILES string of the molecule is O=C1c2cnc(Nc3cc(F)c4c(c3)CCNC4)nc2SCN1c1c(Cl)cccc1Cl. The van der Waals surface area contributed by atoms with Gasteiger partial charge >= 0.3 is 0 Å². The molecular formula is C21H16Cl2FN5OS. The van der Waals surface area contributed by atoms with E-state index in [-0.39, 0.29) is 11.7 Å². The number of anilines is 3. The fraction of sp³-hybridized carbons (Fsp3) is 0.190. The van der Waals surface area contributed by atoms with Crippen molar-refractivity contribution in [3.63, 3.8) is 0 Å². The van der Waals surface area contributed by atoms with Gasteiger partial charge in [-0.05, 0) is 42.8 Å². The summed E-state index contributed by atoms with van der Waals surface area (Å²) in [6.45, 7) is 1.34. The number of para-hydroxylation sites is 1. The third-order valence-corrected chi connectivity index (χ3v) is 6.77. The van der Waals surface area contributed by atoms with Gasteiger partial charge in [0.05, 0.1) is 27.2 Å². The quantitative estimate of drug-likeness (QED) is 0.518. The Bertz CT molecular complexity index is 1190. The molecule has 6 nitrogen and oxygen atoms in total. The molecule has 2 aromatic carbocycles. The minimum Gasteiger partial charge on any atom is -0.324 e. The zero-order chi connectivity index (χ0) is 21.5.